The molecule has 0 bridgehead atoms. The van der Waals surface area contributed by atoms with E-state index >= 15 is 0 Å². The number of primary amides is 1. The quantitative estimate of drug-likeness (QED) is 0.824. The highest BCUT2D eigenvalue weighted by molar-refractivity contribution is 8.00. The van der Waals surface area contributed by atoms with Gasteiger partial charge in [-0.15, -0.1) is 11.8 Å². The molecule has 2 N–H and O–H groups in total. The summed E-state index contributed by atoms with van der Waals surface area (Å²) in [5, 5.41) is 4.09. The Morgan fingerprint density at radius 3 is 2.78 bits per heavy atom. The molecule has 0 spiro atoms. The third-order valence-electron chi connectivity index (χ3n) is 2.71. The lowest BCUT2D eigenvalue weighted by molar-refractivity contribution is -0.129. The normalized spacial score (nSPS) is 14.4. The average molecular weight is 284 g/mol. The van der Waals surface area contributed by atoms with E-state index < -0.39 is 0 Å². The number of carbonyl (C=O) groups is 2. The minimum atomic E-state index is -0.372. The maximum Gasteiger partial charge on any atom is 0.233 e. The molecule has 1 aromatic heterocycles. The van der Waals surface area contributed by atoms with Crippen molar-refractivity contribution in [3.8, 4) is 0 Å². The Bertz CT molecular complexity index is 416. The Hall–Kier alpha value is -1.01. The highest BCUT2D eigenvalue weighted by Crippen LogP contribution is 2.29. The van der Waals surface area contributed by atoms with Gasteiger partial charge in [-0.3, -0.25) is 9.59 Å². The maximum absolute atomic E-state index is 12.1. The van der Waals surface area contributed by atoms with Crippen LogP contribution in [0.5, 0.6) is 0 Å². The van der Waals surface area contributed by atoms with E-state index in [0.29, 0.717) is 18.3 Å². The third-order valence-corrected chi connectivity index (χ3v) is 4.38. The van der Waals surface area contributed by atoms with Crippen LogP contribution in [-0.2, 0) is 16.1 Å². The van der Waals surface area contributed by atoms with Crippen LogP contribution < -0.4 is 5.73 Å². The summed E-state index contributed by atoms with van der Waals surface area (Å²) >= 11 is 2.94. The van der Waals surface area contributed by atoms with Crippen molar-refractivity contribution < 1.29 is 9.59 Å². The summed E-state index contributed by atoms with van der Waals surface area (Å²) in [6.07, 6.45) is 2.19. The van der Waals surface area contributed by atoms with Crippen LogP contribution in [0, 0.1) is 0 Å². The van der Waals surface area contributed by atoms with Gasteiger partial charge in [0.05, 0.1) is 11.5 Å². The number of hydrogen-bond acceptors (Lipinski definition) is 4. The summed E-state index contributed by atoms with van der Waals surface area (Å²) in [5.41, 5.74) is 6.23. The van der Waals surface area contributed by atoms with E-state index in [9.17, 15) is 9.59 Å². The highest BCUT2D eigenvalue weighted by Gasteiger charge is 2.32. The van der Waals surface area contributed by atoms with Crippen LogP contribution in [0.15, 0.2) is 16.8 Å². The summed E-state index contributed by atoms with van der Waals surface area (Å²) in [5.74, 6) is 0.283. The van der Waals surface area contributed by atoms with Crippen LogP contribution in [0.25, 0.3) is 0 Å². The lowest BCUT2D eigenvalue weighted by Crippen LogP contribution is -2.34. The van der Waals surface area contributed by atoms with Crippen LogP contribution in [0.1, 0.15) is 18.4 Å². The topological polar surface area (TPSA) is 63.4 Å². The van der Waals surface area contributed by atoms with E-state index in [-0.39, 0.29) is 17.6 Å². The Kier molecular flexibility index (Phi) is 4.66. The van der Waals surface area contributed by atoms with Gasteiger partial charge in [0, 0.05) is 12.6 Å². The zero-order valence-electron chi connectivity index (χ0n) is 10.0. The highest BCUT2D eigenvalue weighted by atomic mass is 32.2. The van der Waals surface area contributed by atoms with Crippen molar-refractivity contribution in [2.75, 3.05) is 11.5 Å². The summed E-state index contributed by atoms with van der Waals surface area (Å²) in [7, 11) is 0. The molecule has 0 atom stereocenters. The molecule has 2 rings (SSSR count). The minimum absolute atomic E-state index is 0.106. The lowest BCUT2D eigenvalue weighted by atomic mass is 10.3. The third kappa shape index (κ3) is 4.03. The van der Waals surface area contributed by atoms with Gasteiger partial charge in [-0.2, -0.15) is 11.3 Å². The molecule has 98 valence electrons. The molecule has 1 aliphatic carbocycles. The number of nitrogens with two attached hydrogens (primary N) is 1. The zero-order chi connectivity index (χ0) is 13.0. The van der Waals surface area contributed by atoms with Gasteiger partial charge in [0.1, 0.15) is 0 Å². The molecule has 1 heterocycles. The van der Waals surface area contributed by atoms with E-state index in [2.05, 4.69) is 5.38 Å². The Morgan fingerprint density at radius 2 is 2.22 bits per heavy atom. The van der Waals surface area contributed by atoms with Crippen LogP contribution in [0.4, 0.5) is 0 Å². The number of nitrogens with zero attached hydrogens (tertiary/aromatic N) is 1. The molecule has 0 radical (unpaired) electrons. The first-order valence-electron chi connectivity index (χ1n) is 5.83. The van der Waals surface area contributed by atoms with E-state index in [1.165, 1.54) is 17.3 Å². The van der Waals surface area contributed by atoms with Gasteiger partial charge < -0.3 is 10.6 Å². The fourth-order valence-electron chi connectivity index (χ4n) is 1.71. The van der Waals surface area contributed by atoms with Crippen molar-refractivity contribution in [1.29, 1.82) is 0 Å². The van der Waals surface area contributed by atoms with Gasteiger partial charge >= 0.3 is 0 Å². The average Bonchev–Trinajstić information content (AvgIpc) is 3.02. The largest absolute Gasteiger partial charge is 0.369 e. The number of amides is 2. The van der Waals surface area contributed by atoms with Gasteiger partial charge in [-0.25, -0.2) is 0 Å². The van der Waals surface area contributed by atoms with E-state index in [4.69, 9.17) is 5.73 Å². The molecule has 1 aliphatic rings. The molecule has 1 aromatic rings. The number of thioether (sulfide) groups is 1. The first-order valence-corrected chi connectivity index (χ1v) is 7.93. The van der Waals surface area contributed by atoms with Crippen molar-refractivity contribution in [1.82, 2.24) is 4.90 Å². The van der Waals surface area contributed by atoms with Gasteiger partial charge in [-0.1, -0.05) is 0 Å². The van der Waals surface area contributed by atoms with Crippen molar-refractivity contribution >= 4 is 34.9 Å². The van der Waals surface area contributed by atoms with Crippen LogP contribution >= 0.6 is 23.1 Å². The second kappa shape index (κ2) is 6.24. The van der Waals surface area contributed by atoms with Gasteiger partial charge in [-0.05, 0) is 35.2 Å². The molecule has 0 saturated heterocycles. The number of rotatable bonds is 7. The summed E-state index contributed by atoms with van der Waals surface area (Å²) in [4.78, 5) is 24.6. The minimum Gasteiger partial charge on any atom is -0.369 e. The summed E-state index contributed by atoms with van der Waals surface area (Å²) in [6.45, 7) is 0.685. The molecule has 2 amide bonds. The van der Waals surface area contributed by atoms with Crippen LogP contribution in [-0.4, -0.2) is 34.3 Å². The molecule has 1 saturated carbocycles. The molecular weight excluding hydrogens is 268 g/mol. The number of hydrogen-bond donors (Lipinski definition) is 1. The first kappa shape index (κ1) is 13.4. The zero-order valence-corrected chi connectivity index (χ0v) is 11.6. The molecule has 18 heavy (non-hydrogen) atoms. The van der Waals surface area contributed by atoms with Crippen molar-refractivity contribution in [2.24, 2.45) is 5.73 Å². The predicted molar refractivity (Wildman–Crippen MR) is 74.4 cm³/mol. The standard InChI is InChI=1S/C12H16N2O2S2/c13-11(15)7-18-8-12(16)14(10-1-2-10)5-9-3-4-17-6-9/h3-4,6,10H,1-2,5,7-8H2,(H2,13,15). The van der Waals surface area contributed by atoms with Gasteiger partial charge in [0.2, 0.25) is 11.8 Å². The molecule has 0 aromatic carbocycles. The predicted octanol–water partition coefficient (Wildman–Crippen LogP) is 1.46. The van der Waals surface area contributed by atoms with Crippen molar-refractivity contribution in [3.05, 3.63) is 22.4 Å². The van der Waals surface area contributed by atoms with Crippen LogP contribution in [0.3, 0.4) is 0 Å². The second-order valence-corrected chi connectivity index (χ2v) is 6.11. The van der Waals surface area contributed by atoms with E-state index in [0.717, 1.165) is 12.8 Å². The molecular formula is C12H16N2O2S2. The lowest BCUT2D eigenvalue weighted by Gasteiger charge is -2.21. The van der Waals surface area contributed by atoms with Gasteiger partial charge in [0.15, 0.2) is 0 Å². The maximum atomic E-state index is 12.1. The molecule has 0 aliphatic heterocycles. The number of carbonyl (C=O) groups excluding carboxylic acids is 2. The van der Waals surface area contributed by atoms with Crippen molar-refractivity contribution in [3.63, 3.8) is 0 Å². The van der Waals surface area contributed by atoms with Gasteiger partial charge in [0.25, 0.3) is 0 Å². The first-order chi connectivity index (χ1) is 8.66. The fourth-order valence-corrected chi connectivity index (χ4v) is 3.01. The van der Waals surface area contributed by atoms with Crippen LogP contribution in [0.2, 0.25) is 0 Å². The Balaban J connectivity index is 1.85. The molecule has 4 nitrogen and oxygen atoms in total. The molecule has 0 unspecified atom stereocenters. The molecule has 1 fully saturated rings. The summed E-state index contributed by atoms with van der Waals surface area (Å²) in [6, 6.07) is 2.44. The second-order valence-electron chi connectivity index (χ2n) is 4.34. The Morgan fingerprint density at radius 1 is 1.44 bits per heavy atom. The smallest absolute Gasteiger partial charge is 0.233 e. The van der Waals surface area contributed by atoms with E-state index in [1.54, 1.807) is 11.3 Å². The Labute approximate surface area is 115 Å². The molecule has 6 heteroatoms. The fraction of sp³-hybridized carbons (Fsp3) is 0.500. The monoisotopic (exact) mass is 284 g/mol. The summed E-state index contributed by atoms with van der Waals surface area (Å²) < 4.78 is 0. The van der Waals surface area contributed by atoms with Crippen molar-refractivity contribution in [2.45, 2.75) is 25.4 Å². The number of thiophene rings is 1. The SMILES string of the molecule is NC(=O)CSCC(=O)N(Cc1ccsc1)C1CC1. The van der Waals surface area contributed by atoms with E-state index in [1.807, 2.05) is 16.3 Å².